The fourth-order valence-corrected chi connectivity index (χ4v) is 1.43. The Morgan fingerprint density at radius 3 is 2.69 bits per heavy atom. The summed E-state index contributed by atoms with van der Waals surface area (Å²) in [6.07, 6.45) is 5.37. The molecule has 13 heavy (non-hydrogen) atoms. The molecule has 3 heteroatoms. The van der Waals surface area contributed by atoms with Crippen LogP contribution >= 0.6 is 0 Å². The topological polar surface area (TPSA) is 34.1 Å². The van der Waals surface area contributed by atoms with Gasteiger partial charge in [-0.3, -0.25) is 9.59 Å². The van der Waals surface area contributed by atoms with E-state index in [1.54, 1.807) is 0 Å². The molecule has 0 amide bonds. The molecule has 72 valence electrons. The number of halogens is 1. The largest absolute Gasteiger partial charge is 0.296 e. The molecule has 0 aromatic carbocycles. The first-order valence-electron chi connectivity index (χ1n) is 4.54. The number of rotatable bonds is 4. The van der Waals surface area contributed by atoms with E-state index in [0.717, 1.165) is 25.7 Å². The van der Waals surface area contributed by atoms with Crippen LogP contribution in [0.15, 0.2) is 11.6 Å². The van der Waals surface area contributed by atoms with Crippen molar-refractivity contribution < 1.29 is 14.0 Å². The average Bonchev–Trinajstić information content (AvgIpc) is 2.19. The third kappa shape index (κ3) is 3.09. The fourth-order valence-electron chi connectivity index (χ4n) is 1.43. The molecule has 0 radical (unpaired) electrons. The van der Waals surface area contributed by atoms with Crippen molar-refractivity contribution in [1.82, 2.24) is 0 Å². The van der Waals surface area contributed by atoms with Crippen LogP contribution in [0.4, 0.5) is 4.39 Å². The molecule has 0 saturated heterocycles. The van der Waals surface area contributed by atoms with Gasteiger partial charge >= 0.3 is 0 Å². The Morgan fingerprint density at radius 2 is 2.15 bits per heavy atom. The Morgan fingerprint density at radius 1 is 1.38 bits per heavy atom. The monoisotopic (exact) mass is 184 g/mol. The highest BCUT2D eigenvalue weighted by molar-refractivity contribution is 6.07. The maximum atomic E-state index is 11.8. The first-order valence-corrected chi connectivity index (χ1v) is 4.54. The Balaban J connectivity index is 2.47. The number of hydrogen-bond acceptors (Lipinski definition) is 2. The number of Topliss-reactive ketones (excluding diaryl/α,β-unsaturated/α-hetero) is 2. The molecular weight excluding hydrogens is 171 g/mol. The molecule has 0 aromatic rings. The van der Waals surface area contributed by atoms with Crippen molar-refractivity contribution in [3.63, 3.8) is 0 Å². The quantitative estimate of drug-likeness (QED) is 0.626. The van der Waals surface area contributed by atoms with E-state index in [1.165, 1.54) is 0 Å². The van der Waals surface area contributed by atoms with Gasteiger partial charge in [0.25, 0.3) is 0 Å². The van der Waals surface area contributed by atoms with Crippen molar-refractivity contribution in [2.24, 2.45) is 0 Å². The van der Waals surface area contributed by atoms with E-state index in [1.807, 2.05) is 6.08 Å². The SMILES string of the molecule is O=C(CF)CC(=O)C1=CCCCC1. The number of carbonyl (C=O) groups excluding carboxylic acids is 2. The van der Waals surface area contributed by atoms with Crippen LogP contribution < -0.4 is 0 Å². The van der Waals surface area contributed by atoms with E-state index >= 15 is 0 Å². The Bertz CT molecular complexity index is 243. The molecule has 0 unspecified atom stereocenters. The van der Waals surface area contributed by atoms with Gasteiger partial charge in [0.15, 0.2) is 11.6 Å². The average molecular weight is 184 g/mol. The lowest BCUT2D eigenvalue weighted by molar-refractivity contribution is -0.125. The third-order valence-electron chi connectivity index (χ3n) is 2.16. The lowest BCUT2D eigenvalue weighted by Crippen LogP contribution is -2.12. The van der Waals surface area contributed by atoms with E-state index < -0.39 is 12.5 Å². The molecule has 1 aliphatic rings. The maximum Gasteiger partial charge on any atom is 0.171 e. The van der Waals surface area contributed by atoms with Gasteiger partial charge in [0, 0.05) is 0 Å². The second-order valence-electron chi connectivity index (χ2n) is 3.25. The third-order valence-corrected chi connectivity index (χ3v) is 2.16. The zero-order valence-electron chi connectivity index (χ0n) is 7.51. The van der Waals surface area contributed by atoms with Gasteiger partial charge in [-0.25, -0.2) is 4.39 Å². The smallest absolute Gasteiger partial charge is 0.171 e. The summed E-state index contributed by atoms with van der Waals surface area (Å²) in [6, 6.07) is 0. The predicted molar refractivity (Wildman–Crippen MR) is 47.2 cm³/mol. The fraction of sp³-hybridized carbons (Fsp3) is 0.600. The summed E-state index contributed by atoms with van der Waals surface area (Å²) in [5.74, 6) is -0.807. The van der Waals surface area contributed by atoms with Crippen LogP contribution in [0.5, 0.6) is 0 Å². The van der Waals surface area contributed by atoms with E-state index in [4.69, 9.17) is 0 Å². The van der Waals surface area contributed by atoms with Crippen molar-refractivity contribution in [2.45, 2.75) is 32.1 Å². The molecule has 0 saturated carbocycles. The first-order chi connectivity index (χ1) is 6.24. The van der Waals surface area contributed by atoms with Gasteiger partial charge in [-0.15, -0.1) is 0 Å². The highest BCUT2D eigenvalue weighted by Gasteiger charge is 2.15. The molecule has 0 N–H and O–H groups in total. The molecule has 2 nitrogen and oxygen atoms in total. The lowest BCUT2D eigenvalue weighted by Gasteiger charge is -2.10. The highest BCUT2D eigenvalue weighted by atomic mass is 19.1. The zero-order valence-corrected chi connectivity index (χ0v) is 7.51. The van der Waals surface area contributed by atoms with Crippen LogP contribution in [-0.2, 0) is 9.59 Å². The van der Waals surface area contributed by atoms with E-state index in [0.29, 0.717) is 5.57 Å². The molecule has 0 bridgehead atoms. The van der Waals surface area contributed by atoms with Gasteiger partial charge in [0.1, 0.15) is 6.67 Å². The molecule has 0 heterocycles. The van der Waals surface area contributed by atoms with Gasteiger partial charge in [-0.05, 0) is 31.3 Å². The Labute approximate surface area is 76.8 Å². The minimum absolute atomic E-state index is 0.192. The number of ketones is 2. The maximum absolute atomic E-state index is 11.8. The first kappa shape index (κ1) is 10.1. The van der Waals surface area contributed by atoms with Crippen LogP contribution in [0.1, 0.15) is 32.1 Å². The summed E-state index contributed by atoms with van der Waals surface area (Å²) in [7, 11) is 0. The summed E-state index contributed by atoms with van der Waals surface area (Å²) in [5.41, 5.74) is 0.716. The van der Waals surface area contributed by atoms with E-state index in [9.17, 15) is 14.0 Å². The lowest BCUT2D eigenvalue weighted by atomic mass is 9.94. The normalized spacial score (nSPS) is 16.5. The number of hydrogen-bond donors (Lipinski definition) is 0. The van der Waals surface area contributed by atoms with Gasteiger partial charge in [0.05, 0.1) is 6.42 Å². The molecule has 0 aliphatic heterocycles. The van der Waals surface area contributed by atoms with Crippen LogP contribution in [0, 0.1) is 0 Å². The molecule has 1 rings (SSSR count). The second-order valence-corrected chi connectivity index (χ2v) is 3.25. The standard InChI is InChI=1S/C10H13FO2/c11-7-9(12)6-10(13)8-4-2-1-3-5-8/h4H,1-3,5-7H2. The Hall–Kier alpha value is -0.990. The van der Waals surface area contributed by atoms with Crippen LogP contribution in [0.3, 0.4) is 0 Å². The predicted octanol–water partition coefficient (Wildman–Crippen LogP) is 1.98. The molecule has 0 fully saturated rings. The highest BCUT2D eigenvalue weighted by Crippen LogP contribution is 2.18. The van der Waals surface area contributed by atoms with Crippen LogP contribution in [0.2, 0.25) is 0 Å². The minimum atomic E-state index is -1.03. The van der Waals surface area contributed by atoms with Crippen molar-refractivity contribution in [1.29, 1.82) is 0 Å². The second kappa shape index (κ2) is 4.90. The summed E-state index contributed by atoms with van der Waals surface area (Å²) in [6.45, 7) is -1.03. The minimum Gasteiger partial charge on any atom is -0.296 e. The van der Waals surface area contributed by atoms with E-state index in [2.05, 4.69) is 0 Å². The Kier molecular flexibility index (Phi) is 3.80. The van der Waals surface area contributed by atoms with Crippen molar-refractivity contribution in [2.75, 3.05) is 6.67 Å². The van der Waals surface area contributed by atoms with E-state index in [-0.39, 0.29) is 12.2 Å². The number of carbonyl (C=O) groups is 2. The van der Waals surface area contributed by atoms with Crippen molar-refractivity contribution in [3.8, 4) is 0 Å². The van der Waals surface area contributed by atoms with Gasteiger partial charge in [-0.2, -0.15) is 0 Å². The van der Waals surface area contributed by atoms with Crippen molar-refractivity contribution >= 4 is 11.6 Å². The van der Waals surface area contributed by atoms with Crippen molar-refractivity contribution in [3.05, 3.63) is 11.6 Å². The summed E-state index contributed by atoms with van der Waals surface area (Å²) < 4.78 is 11.8. The van der Waals surface area contributed by atoms with Gasteiger partial charge in [-0.1, -0.05) is 6.08 Å². The molecule has 1 aliphatic carbocycles. The van der Waals surface area contributed by atoms with Gasteiger partial charge in [0.2, 0.25) is 0 Å². The molecule has 0 aromatic heterocycles. The zero-order chi connectivity index (χ0) is 9.68. The number of allylic oxidation sites excluding steroid dienone is 2. The van der Waals surface area contributed by atoms with Crippen LogP contribution in [-0.4, -0.2) is 18.2 Å². The molecular formula is C10H13FO2. The summed E-state index contributed by atoms with van der Waals surface area (Å²) in [4.78, 5) is 22.0. The number of alkyl halides is 1. The van der Waals surface area contributed by atoms with Gasteiger partial charge < -0.3 is 0 Å². The van der Waals surface area contributed by atoms with Crippen LogP contribution in [0.25, 0.3) is 0 Å². The molecule has 0 spiro atoms. The summed E-state index contributed by atoms with van der Waals surface area (Å²) in [5, 5.41) is 0. The summed E-state index contributed by atoms with van der Waals surface area (Å²) >= 11 is 0. The molecule has 0 atom stereocenters.